The van der Waals surface area contributed by atoms with E-state index in [0.29, 0.717) is 34.1 Å². The van der Waals surface area contributed by atoms with Crippen LogP contribution >= 0.6 is 23.2 Å². The molecule has 0 amide bonds. The molecule has 18 heavy (non-hydrogen) atoms. The fourth-order valence-electron chi connectivity index (χ4n) is 2.03. The maximum atomic E-state index is 11.0. The van der Waals surface area contributed by atoms with Crippen molar-refractivity contribution >= 4 is 29.0 Å². The minimum absolute atomic E-state index is 0.153. The van der Waals surface area contributed by atoms with Crippen LogP contribution in [0.1, 0.15) is 24.5 Å². The van der Waals surface area contributed by atoms with Gasteiger partial charge in [0.25, 0.3) is 0 Å². The highest BCUT2D eigenvalue weighted by Gasteiger charge is 2.31. The normalized spacial score (nSPS) is 15.8. The topological polar surface area (TPSA) is 43.1 Å². The van der Waals surface area contributed by atoms with Crippen molar-refractivity contribution in [2.45, 2.75) is 18.8 Å². The van der Waals surface area contributed by atoms with Gasteiger partial charge in [0.05, 0.1) is 10.0 Å². The highest BCUT2D eigenvalue weighted by Crippen LogP contribution is 2.38. The summed E-state index contributed by atoms with van der Waals surface area (Å²) < 4.78 is 5.26. The summed E-state index contributed by atoms with van der Waals surface area (Å²) in [6.07, 6.45) is 1.07. The summed E-state index contributed by atoms with van der Waals surface area (Å²) in [6, 6.07) is 7.10. The van der Waals surface area contributed by atoms with Gasteiger partial charge in [-0.1, -0.05) is 34.4 Å². The van der Waals surface area contributed by atoms with Gasteiger partial charge in [-0.2, -0.15) is 0 Å². The number of hydrogen-bond donors (Lipinski definition) is 0. The Balaban J connectivity index is 1.96. The number of Topliss-reactive ketones (excluding diaryl/α,β-unsaturated/α-hetero) is 1. The zero-order chi connectivity index (χ0) is 12.7. The lowest BCUT2D eigenvalue weighted by Gasteiger charge is -2.20. The molecule has 0 atom stereocenters. The second kappa shape index (κ2) is 4.41. The second-order valence-electron chi connectivity index (χ2n) is 4.36. The smallest absolute Gasteiger partial charge is 0.141 e. The first-order valence-electron chi connectivity index (χ1n) is 5.58. The van der Waals surface area contributed by atoms with E-state index in [1.165, 1.54) is 0 Å². The van der Waals surface area contributed by atoms with Gasteiger partial charge in [-0.25, -0.2) is 0 Å². The molecule has 3 nitrogen and oxygen atoms in total. The molecule has 0 bridgehead atoms. The molecule has 92 valence electrons. The Morgan fingerprint density at radius 3 is 2.50 bits per heavy atom. The first kappa shape index (κ1) is 11.8. The molecule has 1 aromatic carbocycles. The SMILES string of the molecule is O=C1CC(c2cc(-c3c(Cl)cccc3Cl)no2)C1. The number of hydrogen-bond acceptors (Lipinski definition) is 3. The van der Waals surface area contributed by atoms with Crippen molar-refractivity contribution in [3.8, 4) is 11.3 Å². The first-order valence-corrected chi connectivity index (χ1v) is 6.33. The van der Waals surface area contributed by atoms with E-state index < -0.39 is 0 Å². The average molecular weight is 282 g/mol. The number of aromatic nitrogens is 1. The van der Waals surface area contributed by atoms with Crippen molar-refractivity contribution in [3.63, 3.8) is 0 Å². The van der Waals surface area contributed by atoms with E-state index >= 15 is 0 Å². The van der Waals surface area contributed by atoms with Crippen LogP contribution in [0.25, 0.3) is 11.3 Å². The maximum Gasteiger partial charge on any atom is 0.141 e. The van der Waals surface area contributed by atoms with Crippen molar-refractivity contribution in [2.75, 3.05) is 0 Å². The summed E-state index contributed by atoms with van der Waals surface area (Å²) >= 11 is 12.2. The van der Waals surface area contributed by atoms with Crippen LogP contribution in [0, 0.1) is 0 Å². The maximum absolute atomic E-state index is 11.0. The van der Waals surface area contributed by atoms with E-state index in [0.717, 1.165) is 5.76 Å². The lowest BCUT2D eigenvalue weighted by atomic mass is 9.82. The predicted molar refractivity (Wildman–Crippen MR) is 68.9 cm³/mol. The molecular weight excluding hydrogens is 273 g/mol. The molecule has 5 heteroatoms. The standard InChI is InChI=1S/C13H9Cl2NO2/c14-9-2-1-3-10(15)13(9)11-6-12(18-16-11)7-4-8(17)5-7/h1-3,6-7H,4-5H2. The van der Waals surface area contributed by atoms with Crippen LogP contribution in [0.2, 0.25) is 10.0 Å². The molecule has 0 saturated heterocycles. The zero-order valence-electron chi connectivity index (χ0n) is 9.32. The summed E-state index contributed by atoms with van der Waals surface area (Å²) in [7, 11) is 0. The lowest BCUT2D eigenvalue weighted by molar-refractivity contribution is -0.125. The van der Waals surface area contributed by atoms with E-state index in [4.69, 9.17) is 27.7 Å². The molecule has 1 aliphatic carbocycles. The third-order valence-corrected chi connectivity index (χ3v) is 3.73. The highest BCUT2D eigenvalue weighted by molar-refractivity contribution is 6.39. The van der Waals surface area contributed by atoms with Gasteiger partial charge in [0.2, 0.25) is 0 Å². The molecule has 1 fully saturated rings. The third kappa shape index (κ3) is 1.93. The Hall–Kier alpha value is -1.32. The summed E-state index contributed by atoms with van der Waals surface area (Å²) in [5.41, 5.74) is 1.28. The van der Waals surface area contributed by atoms with Crippen LogP contribution in [-0.2, 0) is 4.79 Å². The summed E-state index contributed by atoms with van der Waals surface area (Å²) in [6.45, 7) is 0. The molecule has 1 saturated carbocycles. The van der Waals surface area contributed by atoms with Crippen molar-refractivity contribution in [1.82, 2.24) is 5.16 Å². The zero-order valence-corrected chi connectivity index (χ0v) is 10.8. The van der Waals surface area contributed by atoms with Crippen LogP contribution in [0.15, 0.2) is 28.8 Å². The van der Waals surface area contributed by atoms with Gasteiger partial charge in [0.1, 0.15) is 17.2 Å². The van der Waals surface area contributed by atoms with Crippen molar-refractivity contribution in [2.24, 2.45) is 0 Å². The number of nitrogens with zero attached hydrogens (tertiary/aromatic N) is 1. The monoisotopic (exact) mass is 281 g/mol. The van der Waals surface area contributed by atoms with E-state index in [2.05, 4.69) is 5.16 Å². The predicted octanol–water partition coefficient (Wildman–Crippen LogP) is 4.09. The Morgan fingerprint density at radius 1 is 1.22 bits per heavy atom. The van der Waals surface area contributed by atoms with E-state index in [9.17, 15) is 4.79 Å². The number of ketones is 1. The highest BCUT2D eigenvalue weighted by atomic mass is 35.5. The Kier molecular flexibility index (Phi) is 2.88. The number of benzene rings is 1. The number of carbonyl (C=O) groups is 1. The largest absolute Gasteiger partial charge is 0.360 e. The molecule has 1 heterocycles. The molecule has 1 aromatic heterocycles. The summed E-state index contributed by atoms with van der Waals surface area (Å²) in [5, 5.41) is 5.05. The van der Waals surface area contributed by atoms with Gasteiger partial charge in [-0.15, -0.1) is 0 Å². The van der Waals surface area contributed by atoms with Crippen molar-refractivity contribution in [1.29, 1.82) is 0 Å². The fraction of sp³-hybridized carbons (Fsp3) is 0.231. The number of carbonyl (C=O) groups excluding carboxylic acids is 1. The van der Waals surface area contributed by atoms with Crippen LogP contribution in [0.5, 0.6) is 0 Å². The minimum Gasteiger partial charge on any atom is -0.360 e. The van der Waals surface area contributed by atoms with Crippen molar-refractivity contribution in [3.05, 3.63) is 40.1 Å². The molecule has 0 unspecified atom stereocenters. The quantitative estimate of drug-likeness (QED) is 0.833. The summed E-state index contributed by atoms with van der Waals surface area (Å²) in [5.74, 6) is 1.13. The molecule has 0 N–H and O–H groups in total. The van der Waals surface area contributed by atoms with Crippen LogP contribution in [0.3, 0.4) is 0 Å². The van der Waals surface area contributed by atoms with Gasteiger partial charge in [-0.3, -0.25) is 4.79 Å². The van der Waals surface area contributed by atoms with Gasteiger partial charge in [0, 0.05) is 30.4 Å². The lowest BCUT2D eigenvalue weighted by Crippen LogP contribution is -2.20. The van der Waals surface area contributed by atoms with Crippen LogP contribution < -0.4 is 0 Å². The molecule has 0 spiro atoms. The molecular formula is C13H9Cl2NO2. The summed E-state index contributed by atoms with van der Waals surface area (Å²) in [4.78, 5) is 11.0. The molecule has 2 aromatic rings. The Bertz CT molecular complexity index is 593. The number of rotatable bonds is 2. The Morgan fingerprint density at radius 2 is 1.89 bits per heavy atom. The van der Waals surface area contributed by atoms with Gasteiger partial charge in [-0.05, 0) is 12.1 Å². The van der Waals surface area contributed by atoms with Crippen molar-refractivity contribution < 1.29 is 9.32 Å². The molecule has 1 aliphatic rings. The van der Waals surface area contributed by atoms with Gasteiger partial charge in [0.15, 0.2) is 0 Å². The van der Waals surface area contributed by atoms with Gasteiger partial charge < -0.3 is 4.52 Å². The number of halogens is 2. The first-order chi connectivity index (χ1) is 8.65. The van der Waals surface area contributed by atoms with E-state index in [1.807, 2.05) is 6.07 Å². The molecule has 0 radical (unpaired) electrons. The Labute approximate surface area is 114 Å². The van der Waals surface area contributed by atoms with Crippen LogP contribution in [0.4, 0.5) is 0 Å². The average Bonchev–Trinajstić information content (AvgIpc) is 2.73. The molecule has 3 rings (SSSR count). The third-order valence-electron chi connectivity index (χ3n) is 3.10. The van der Waals surface area contributed by atoms with E-state index in [1.54, 1.807) is 18.2 Å². The van der Waals surface area contributed by atoms with Crippen LogP contribution in [-0.4, -0.2) is 10.9 Å². The second-order valence-corrected chi connectivity index (χ2v) is 5.17. The van der Waals surface area contributed by atoms with E-state index in [-0.39, 0.29) is 11.7 Å². The molecule has 0 aliphatic heterocycles. The fourth-order valence-corrected chi connectivity index (χ4v) is 2.62. The minimum atomic E-state index is 0.153. The van der Waals surface area contributed by atoms with Gasteiger partial charge >= 0.3 is 0 Å².